The van der Waals surface area contributed by atoms with E-state index in [1.807, 2.05) is 0 Å². The molecular formula is C11H10Cl2N4O. The van der Waals surface area contributed by atoms with Gasteiger partial charge in [0.05, 0.1) is 22.8 Å². The van der Waals surface area contributed by atoms with Crippen LogP contribution in [-0.2, 0) is 6.54 Å². The minimum absolute atomic E-state index is 0.215. The molecule has 0 aliphatic heterocycles. The van der Waals surface area contributed by atoms with Crippen molar-refractivity contribution in [3.05, 3.63) is 45.7 Å². The Bertz CT molecular complexity index is 582. The van der Waals surface area contributed by atoms with Crippen molar-refractivity contribution in [3.8, 4) is 0 Å². The summed E-state index contributed by atoms with van der Waals surface area (Å²) < 4.78 is 1.51. The summed E-state index contributed by atoms with van der Waals surface area (Å²) in [6.07, 6.45) is 1.53. The molecule has 0 spiro atoms. The number of carbonyl (C=O) groups excluding carboxylic acids is 1. The molecule has 5 nitrogen and oxygen atoms in total. The first-order valence-electron chi connectivity index (χ1n) is 5.22. The number of aromatic nitrogens is 3. The first kappa shape index (κ1) is 13.0. The van der Waals surface area contributed by atoms with Crippen LogP contribution in [-0.4, -0.2) is 27.3 Å². The number of ketones is 1. The molecule has 0 radical (unpaired) electrons. The third-order valence-electron chi connectivity index (χ3n) is 2.33. The van der Waals surface area contributed by atoms with Gasteiger partial charge >= 0.3 is 0 Å². The van der Waals surface area contributed by atoms with Gasteiger partial charge in [0, 0.05) is 12.1 Å². The van der Waals surface area contributed by atoms with Gasteiger partial charge in [-0.1, -0.05) is 34.5 Å². The molecule has 0 aliphatic carbocycles. The zero-order valence-corrected chi connectivity index (χ0v) is 10.8. The van der Waals surface area contributed by atoms with E-state index in [-0.39, 0.29) is 16.5 Å². The first-order valence-corrected chi connectivity index (χ1v) is 5.98. The third-order valence-corrected chi connectivity index (χ3v) is 3.14. The smallest absolute Gasteiger partial charge is 0.216 e. The number of nitrogens with zero attached hydrogens (tertiary/aromatic N) is 3. The summed E-state index contributed by atoms with van der Waals surface area (Å²) in [5, 5.41) is 8.13. The van der Waals surface area contributed by atoms with E-state index >= 15 is 0 Å². The summed E-state index contributed by atoms with van der Waals surface area (Å²) in [7, 11) is 0. The van der Waals surface area contributed by atoms with Gasteiger partial charge in [0.1, 0.15) is 0 Å². The van der Waals surface area contributed by atoms with Crippen molar-refractivity contribution < 1.29 is 4.79 Å². The van der Waals surface area contributed by atoms with Crippen LogP contribution in [0.3, 0.4) is 0 Å². The van der Waals surface area contributed by atoms with Crippen LogP contribution >= 0.6 is 23.2 Å². The molecule has 2 N–H and O–H groups in total. The minimum atomic E-state index is -0.314. The topological polar surface area (TPSA) is 73.8 Å². The van der Waals surface area contributed by atoms with Crippen molar-refractivity contribution in [1.29, 1.82) is 0 Å². The fraction of sp³-hybridized carbons (Fsp3) is 0.182. The Hall–Kier alpha value is -1.43. The standard InChI is InChI=1S/C11H10Cl2N4O/c12-8-3-1-2-7(10(8)13)11(18)9-6-17(5-4-14)16-15-9/h1-3,6H,4-5,14H2. The molecule has 0 bridgehead atoms. The zero-order chi connectivity index (χ0) is 13.1. The Labute approximate surface area is 113 Å². The molecule has 18 heavy (non-hydrogen) atoms. The van der Waals surface area contributed by atoms with Crippen LogP contribution in [0.25, 0.3) is 0 Å². The van der Waals surface area contributed by atoms with E-state index in [2.05, 4.69) is 10.3 Å². The average molecular weight is 285 g/mol. The number of benzene rings is 1. The Balaban J connectivity index is 2.32. The molecule has 0 atom stereocenters. The number of carbonyl (C=O) groups is 1. The Kier molecular flexibility index (Phi) is 3.96. The lowest BCUT2D eigenvalue weighted by Gasteiger charge is -2.01. The molecule has 2 rings (SSSR count). The van der Waals surface area contributed by atoms with Gasteiger partial charge in [0.2, 0.25) is 5.78 Å². The summed E-state index contributed by atoms with van der Waals surface area (Å²) in [4.78, 5) is 12.1. The minimum Gasteiger partial charge on any atom is -0.329 e. The van der Waals surface area contributed by atoms with Gasteiger partial charge < -0.3 is 5.73 Å². The van der Waals surface area contributed by atoms with Gasteiger partial charge in [-0.25, -0.2) is 0 Å². The van der Waals surface area contributed by atoms with E-state index in [4.69, 9.17) is 28.9 Å². The third kappa shape index (κ3) is 2.53. The van der Waals surface area contributed by atoms with Crippen LogP contribution in [0.1, 0.15) is 16.1 Å². The number of hydrogen-bond acceptors (Lipinski definition) is 4. The molecule has 1 aromatic carbocycles. The van der Waals surface area contributed by atoms with Crippen molar-refractivity contribution >= 4 is 29.0 Å². The number of halogens is 2. The van der Waals surface area contributed by atoms with Gasteiger partial charge in [-0.3, -0.25) is 9.48 Å². The second-order valence-corrected chi connectivity index (χ2v) is 4.37. The molecule has 0 unspecified atom stereocenters. The van der Waals surface area contributed by atoms with E-state index in [0.29, 0.717) is 23.7 Å². The van der Waals surface area contributed by atoms with Crippen molar-refractivity contribution in [2.45, 2.75) is 6.54 Å². The van der Waals surface area contributed by atoms with Crippen LogP contribution in [0.4, 0.5) is 0 Å². The molecule has 1 aromatic heterocycles. The Morgan fingerprint density at radius 2 is 2.17 bits per heavy atom. The lowest BCUT2D eigenvalue weighted by atomic mass is 10.1. The van der Waals surface area contributed by atoms with Crippen LogP contribution in [0, 0.1) is 0 Å². The van der Waals surface area contributed by atoms with E-state index in [0.717, 1.165) is 0 Å². The Morgan fingerprint density at radius 1 is 1.39 bits per heavy atom. The molecule has 7 heteroatoms. The molecule has 0 fully saturated rings. The van der Waals surface area contributed by atoms with E-state index < -0.39 is 0 Å². The number of rotatable bonds is 4. The highest BCUT2D eigenvalue weighted by Gasteiger charge is 2.17. The van der Waals surface area contributed by atoms with E-state index in [1.54, 1.807) is 18.2 Å². The molecule has 1 heterocycles. The van der Waals surface area contributed by atoms with Gasteiger partial charge in [-0.2, -0.15) is 0 Å². The second kappa shape index (κ2) is 5.48. The average Bonchev–Trinajstić information content (AvgIpc) is 2.81. The molecular weight excluding hydrogens is 275 g/mol. The predicted octanol–water partition coefficient (Wildman–Crippen LogP) is 1.77. The maximum Gasteiger partial charge on any atom is 0.216 e. The summed E-state index contributed by atoms with van der Waals surface area (Å²) >= 11 is 11.8. The monoisotopic (exact) mass is 284 g/mol. The summed E-state index contributed by atoms with van der Waals surface area (Å²) in [5.74, 6) is -0.314. The van der Waals surface area contributed by atoms with Crippen LogP contribution in [0.15, 0.2) is 24.4 Å². The highest BCUT2D eigenvalue weighted by Crippen LogP contribution is 2.26. The molecule has 94 valence electrons. The van der Waals surface area contributed by atoms with E-state index in [1.165, 1.54) is 10.9 Å². The number of hydrogen-bond donors (Lipinski definition) is 1. The quantitative estimate of drug-likeness (QED) is 0.869. The fourth-order valence-corrected chi connectivity index (χ4v) is 1.85. The molecule has 0 amide bonds. The second-order valence-electron chi connectivity index (χ2n) is 3.59. The Morgan fingerprint density at radius 3 is 2.89 bits per heavy atom. The maximum atomic E-state index is 12.1. The molecule has 2 aromatic rings. The fourth-order valence-electron chi connectivity index (χ4n) is 1.46. The summed E-state index contributed by atoms with van der Waals surface area (Å²) in [6.45, 7) is 0.929. The highest BCUT2D eigenvalue weighted by molar-refractivity contribution is 6.44. The van der Waals surface area contributed by atoms with Crippen LogP contribution in [0.2, 0.25) is 10.0 Å². The lowest BCUT2D eigenvalue weighted by molar-refractivity contribution is 0.103. The highest BCUT2D eigenvalue weighted by atomic mass is 35.5. The van der Waals surface area contributed by atoms with Gasteiger partial charge in [-0.15, -0.1) is 5.10 Å². The van der Waals surface area contributed by atoms with Crippen molar-refractivity contribution in [1.82, 2.24) is 15.0 Å². The van der Waals surface area contributed by atoms with Gasteiger partial charge in [-0.05, 0) is 12.1 Å². The van der Waals surface area contributed by atoms with E-state index in [9.17, 15) is 4.79 Å². The largest absolute Gasteiger partial charge is 0.329 e. The first-order chi connectivity index (χ1) is 8.63. The zero-order valence-electron chi connectivity index (χ0n) is 9.31. The van der Waals surface area contributed by atoms with Crippen molar-refractivity contribution in [3.63, 3.8) is 0 Å². The number of nitrogens with two attached hydrogens (primary N) is 1. The molecule has 0 aliphatic rings. The molecule has 0 saturated carbocycles. The lowest BCUT2D eigenvalue weighted by Crippen LogP contribution is -2.10. The van der Waals surface area contributed by atoms with Gasteiger partial charge in [0.15, 0.2) is 5.69 Å². The van der Waals surface area contributed by atoms with Gasteiger partial charge in [0.25, 0.3) is 0 Å². The van der Waals surface area contributed by atoms with Crippen molar-refractivity contribution in [2.24, 2.45) is 5.73 Å². The summed E-state index contributed by atoms with van der Waals surface area (Å²) in [6, 6.07) is 4.87. The predicted molar refractivity (Wildman–Crippen MR) is 69.0 cm³/mol. The van der Waals surface area contributed by atoms with Crippen molar-refractivity contribution in [2.75, 3.05) is 6.54 Å². The normalized spacial score (nSPS) is 10.6. The van der Waals surface area contributed by atoms with Crippen LogP contribution in [0.5, 0.6) is 0 Å². The molecule has 0 saturated heterocycles. The SMILES string of the molecule is NCCn1cc(C(=O)c2cccc(Cl)c2Cl)nn1. The maximum absolute atomic E-state index is 12.1. The van der Waals surface area contributed by atoms with Crippen LogP contribution < -0.4 is 5.73 Å². The summed E-state index contributed by atoms with van der Waals surface area (Å²) in [5.41, 5.74) is 5.91.